The van der Waals surface area contributed by atoms with Gasteiger partial charge >= 0.3 is 0 Å². The SMILES string of the molecule is CCCNCCc1ccc(S(=O)(=O)N2CCOCC2C)s1. The Kier molecular flexibility index (Phi) is 6.19. The number of hydrogen-bond acceptors (Lipinski definition) is 5. The van der Waals surface area contributed by atoms with Crippen molar-refractivity contribution >= 4 is 21.4 Å². The van der Waals surface area contributed by atoms with Crippen LogP contribution in [0.15, 0.2) is 16.3 Å². The van der Waals surface area contributed by atoms with E-state index in [0.717, 1.165) is 30.8 Å². The molecule has 2 rings (SSSR count). The largest absolute Gasteiger partial charge is 0.378 e. The van der Waals surface area contributed by atoms with Crippen LogP contribution in [0.25, 0.3) is 0 Å². The lowest BCUT2D eigenvalue weighted by Gasteiger charge is -2.31. The van der Waals surface area contributed by atoms with Crippen LogP contribution in [-0.4, -0.2) is 51.6 Å². The van der Waals surface area contributed by atoms with Crippen molar-refractivity contribution in [2.45, 2.75) is 36.9 Å². The summed E-state index contributed by atoms with van der Waals surface area (Å²) < 4.78 is 32.6. The Morgan fingerprint density at radius 1 is 1.43 bits per heavy atom. The molecule has 0 saturated carbocycles. The molecule has 0 radical (unpaired) electrons. The van der Waals surface area contributed by atoms with Crippen LogP contribution in [0, 0.1) is 0 Å². The second-order valence-electron chi connectivity index (χ2n) is 5.26. The summed E-state index contributed by atoms with van der Waals surface area (Å²) in [6.07, 6.45) is 1.98. The van der Waals surface area contributed by atoms with Gasteiger partial charge in [-0.25, -0.2) is 8.42 Å². The Bertz CT molecular complexity index is 542. The van der Waals surface area contributed by atoms with Crippen LogP contribution in [0.2, 0.25) is 0 Å². The van der Waals surface area contributed by atoms with Crippen molar-refractivity contribution in [1.82, 2.24) is 9.62 Å². The summed E-state index contributed by atoms with van der Waals surface area (Å²) >= 11 is 1.38. The maximum Gasteiger partial charge on any atom is 0.252 e. The van der Waals surface area contributed by atoms with E-state index in [-0.39, 0.29) is 6.04 Å². The second kappa shape index (κ2) is 7.69. The van der Waals surface area contributed by atoms with Crippen LogP contribution in [0.3, 0.4) is 0 Å². The molecule has 1 aromatic rings. The van der Waals surface area contributed by atoms with E-state index in [4.69, 9.17) is 4.74 Å². The lowest BCUT2D eigenvalue weighted by atomic mass is 10.3. The average molecular weight is 332 g/mol. The molecule has 2 heterocycles. The summed E-state index contributed by atoms with van der Waals surface area (Å²) in [4.78, 5) is 1.11. The van der Waals surface area contributed by atoms with Gasteiger partial charge in [0.1, 0.15) is 4.21 Å². The molecule has 1 aliphatic rings. The molecule has 120 valence electrons. The van der Waals surface area contributed by atoms with Crippen molar-refractivity contribution in [3.8, 4) is 0 Å². The van der Waals surface area contributed by atoms with Crippen LogP contribution in [-0.2, 0) is 21.2 Å². The molecule has 0 aromatic carbocycles. The molecule has 21 heavy (non-hydrogen) atoms. The lowest BCUT2D eigenvalue weighted by molar-refractivity contribution is 0.0393. The summed E-state index contributed by atoms with van der Waals surface area (Å²) in [5.74, 6) is 0. The van der Waals surface area contributed by atoms with Gasteiger partial charge in [0.15, 0.2) is 0 Å². The fourth-order valence-electron chi connectivity index (χ4n) is 2.33. The molecule has 1 aliphatic heterocycles. The van der Waals surface area contributed by atoms with Gasteiger partial charge in [-0.05, 0) is 45.0 Å². The molecule has 0 bridgehead atoms. The maximum atomic E-state index is 12.7. The van der Waals surface area contributed by atoms with Crippen molar-refractivity contribution in [2.24, 2.45) is 0 Å². The van der Waals surface area contributed by atoms with E-state index in [1.165, 1.54) is 11.3 Å². The predicted molar refractivity (Wildman–Crippen MR) is 85.4 cm³/mol. The Morgan fingerprint density at radius 3 is 2.95 bits per heavy atom. The molecule has 7 heteroatoms. The molecule has 0 aliphatic carbocycles. The van der Waals surface area contributed by atoms with Crippen molar-refractivity contribution in [2.75, 3.05) is 32.8 Å². The highest BCUT2D eigenvalue weighted by atomic mass is 32.2. The lowest BCUT2D eigenvalue weighted by Crippen LogP contribution is -2.46. The zero-order valence-electron chi connectivity index (χ0n) is 12.7. The quantitative estimate of drug-likeness (QED) is 0.772. The molecule has 0 amide bonds. The van der Waals surface area contributed by atoms with E-state index in [1.54, 1.807) is 10.4 Å². The van der Waals surface area contributed by atoms with Crippen LogP contribution < -0.4 is 5.32 Å². The minimum atomic E-state index is -3.37. The first kappa shape index (κ1) is 16.9. The van der Waals surface area contributed by atoms with Gasteiger partial charge in [0, 0.05) is 17.5 Å². The minimum Gasteiger partial charge on any atom is -0.378 e. The summed E-state index contributed by atoms with van der Waals surface area (Å²) in [7, 11) is -3.37. The summed E-state index contributed by atoms with van der Waals surface area (Å²) in [5.41, 5.74) is 0. The van der Waals surface area contributed by atoms with Gasteiger partial charge in [-0.3, -0.25) is 0 Å². The minimum absolute atomic E-state index is 0.0967. The third-order valence-electron chi connectivity index (χ3n) is 3.48. The first-order valence-corrected chi connectivity index (χ1v) is 9.70. The number of nitrogens with one attached hydrogen (secondary N) is 1. The van der Waals surface area contributed by atoms with E-state index < -0.39 is 10.0 Å². The van der Waals surface area contributed by atoms with E-state index in [9.17, 15) is 8.42 Å². The fraction of sp³-hybridized carbons (Fsp3) is 0.714. The third-order valence-corrected chi connectivity index (χ3v) is 7.11. The van der Waals surface area contributed by atoms with E-state index in [2.05, 4.69) is 12.2 Å². The van der Waals surface area contributed by atoms with E-state index in [0.29, 0.717) is 24.0 Å². The topological polar surface area (TPSA) is 58.6 Å². The molecular weight excluding hydrogens is 308 g/mol. The number of sulfonamides is 1. The summed E-state index contributed by atoms with van der Waals surface area (Å²) in [6, 6.07) is 3.56. The number of nitrogens with zero attached hydrogens (tertiary/aromatic N) is 1. The van der Waals surface area contributed by atoms with Crippen LogP contribution >= 0.6 is 11.3 Å². The van der Waals surface area contributed by atoms with E-state index in [1.807, 2.05) is 13.0 Å². The summed E-state index contributed by atoms with van der Waals surface area (Å²) in [6.45, 7) is 7.30. The third kappa shape index (κ3) is 4.26. The van der Waals surface area contributed by atoms with Gasteiger partial charge in [-0.15, -0.1) is 11.3 Å². The van der Waals surface area contributed by atoms with Gasteiger partial charge < -0.3 is 10.1 Å². The van der Waals surface area contributed by atoms with Crippen molar-refractivity contribution < 1.29 is 13.2 Å². The van der Waals surface area contributed by atoms with Gasteiger partial charge in [0.25, 0.3) is 10.0 Å². The number of ether oxygens (including phenoxy) is 1. The standard InChI is InChI=1S/C14H24N2O3S2/c1-3-7-15-8-6-13-4-5-14(20-13)21(17,18)16-9-10-19-11-12(16)2/h4-5,12,15H,3,6-11H2,1-2H3. The van der Waals surface area contributed by atoms with Crippen LogP contribution in [0.4, 0.5) is 0 Å². The van der Waals surface area contributed by atoms with Gasteiger partial charge in [-0.1, -0.05) is 6.92 Å². The Labute approximate surface area is 131 Å². The average Bonchev–Trinajstić information content (AvgIpc) is 2.93. The molecule has 5 nitrogen and oxygen atoms in total. The zero-order chi connectivity index (χ0) is 15.3. The molecule has 1 aromatic heterocycles. The van der Waals surface area contributed by atoms with E-state index >= 15 is 0 Å². The molecule has 1 fully saturated rings. The number of hydrogen-bond donors (Lipinski definition) is 1. The number of thiophene rings is 1. The van der Waals surface area contributed by atoms with Gasteiger partial charge in [0.05, 0.1) is 13.2 Å². The molecule has 1 atom stereocenters. The van der Waals surface area contributed by atoms with Crippen LogP contribution in [0.5, 0.6) is 0 Å². The molecule has 1 N–H and O–H groups in total. The van der Waals surface area contributed by atoms with Gasteiger partial charge in [-0.2, -0.15) is 4.31 Å². The Hall–Kier alpha value is -0.470. The zero-order valence-corrected chi connectivity index (χ0v) is 14.3. The summed E-state index contributed by atoms with van der Waals surface area (Å²) in [5, 5.41) is 3.33. The van der Waals surface area contributed by atoms with Crippen molar-refractivity contribution in [1.29, 1.82) is 0 Å². The smallest absolute Gasteiger partial charge is 0.252 e. The molecular formula is C14H24N2O3S2. The van der Waals surface area contributed by atoms with Crippen molar-refractivity contribution in [3.63, 3.8) is 0 Å². The molecule has 1 unspecified atom stereocenters. The Balaban J connectivity index is 2.02. The van der Waals surface area contributed by atoms with Gasteiger partial charge in [0.2, 0.25) is 0 Å². The highest BCUT2D eigenvalue weighted by Crippen LogP contribution is 2.27. The highest BCUT2D eigenvalue weighted by molar-refractivity contribution is 7.91. The fourth-order valence-corrected chi connectivity index (χ4v) is 5.41. The number of rotatable bonds is 7. The second-order valence-corrected chi connectivity index (χ2v) is 8.55. The Morgan fingerprint density at radius 2 is 2.24 bits per heavy atom. The van der Waals surface area contributed by atoms with Crippen LogP contribution in [0.1, 0.15) is 25.1 Å². The first-order chi connectivity index (χ1) is 10.1. The van der Waals surface area contributed by atoms with Crippen molar-refractivity contribution in [3.05, 3.63) is 17.0 Å². The maximum absolute atomic E-state index is 12.7. The molecule has 1 saturated heterocycles. The predicted octanol–water partition coefficient (Wildman–Crippen LogP) is 1.70. The number of morpholine rings is 1. The monoisotopic (exact) mass is 332 g/mol. The first-order valence-electron chi connectivity index (χ1n) is 7.44. The normalized spacial score (nSPS) is 20.8. The molecule has 0 spiro atoms. The highest BCUT2D eigenvalue weighted by Gasteiger charge is 2.32.